The molecule has 3 unspecified atom stereocenters. The molecular formula is C21H36O4. The first-order valence-corrected chi connectivity index (χ1v) is 9.60. The second-order valence-corrected chi connectivity index (χ2v) is 8.99. The SMILES string of the molecule is CC(C)COC(=O)C1C=CCCC1C(=O)OCCC(C)CC(C)(C)C. The molecule has 1 rings (SSSR count). The summed E-state index contributed by atoms with van der Waals surface area (Å²) in [6.45, 7) is 13.6. The van der Waals surface area contributed by atoms with Gasteiger partial charge in [-0.15, -0.1) is 0 Å². The molecule has 144 valence electrons. The van der Waals surface area contributed by atoms with Crippen molar-refractivity contribution < 1.29 is 19.1 Å². The Hall–Kier alpha value is -1.32. The zero-order valence-electron chi connectivity index (χ0n) is 16.8. The van der Waals surface area contributed by atoms with Crippen molar-refractivity contribution in [3.63, 3.8) is 0 Å². The van der Waals surface area contributed by atoms with E-state index >= 15 is 0 Å². The summed E-state index contributed by atoms with van der Waals surface area (Å²) in [5, 5.41) is 0. The van der Waals surface area contributed by atoms with Gasteiger partial charge >= 0.3 is 11.9 Å². The van der Waals surface area contributed by atoms with Crippen molar-refractivity contribution in [1.82, 2.24) is 0 Å². The largest absolute Gasteiger partial charge is 0.465 e. The lowest BCUT2D eigenvalue weighted by atomic mass is 9.83. The Morgan fingerprint density at radius 3 is 2.40 bits per heavy atom. The molecule has 0 spiro atoms. The Bertz CT molecular complexity index is 459. The van der Waals surface area contributed by atoms with Gasteiger partial charge < -0.3 is 9.47 Å². The minimum Gasteiger partial charge on any atom is -0.465 e. The smallest absolute Gasteiger partial charge is 0.313 e. The van der Waals surface area contributed by atoms with Crippen LogP contribution in [0.25, 0.3) is 0 Å². The molecule has 3 atom stereocenters. The molecule has 0 aromatic heterocycles. The van der Waals surface area contributed by atoms with E-state index in [0.717, 1.165) is 19.3 Å². The number of carbonyl (C=O) groups excluding carboxylic acids is 2. The van der Waals surface area contributed by atoms with Crippen LogP contribution in [-0.2, 0) is 19.1 Å². The zero-order valence-corrected chi connectivity index (χ0v) is 16.8. The van der Waals surface area contributed by atoms with E-state index in [9.17, 15) is 9.59 Å². The van der Waals surface area contributed by atoms with Gasteiger partial charge in [0.2, 0.25) is 0 Å². The molecular weight excluding hydrogens is 316 g/mol. The van der Waals surface area contributed by atoms with Gasteiger partial charge in [-0.05, 0) is 42.9 Å². The summed E-state index contributed by atoms with van der Waals surface area (Å²) in [4.78, 5) is 24.7. The van der Waals surface area contributed by atoms with Gasteiger partial charge in [0.15, 0.2) is 0 Å². The van der Waals surface area contributed by atoms with E-state index in [1.165, 1.54) is 0 Å². The number of rotatable bonds is 8. The van der Waals surface area contributed by atoms with E-state index in [1.54, 1.807) is 6.08 Å². The Morgan fingerprint density at radius 2 is 1.80 bits per heavy atom. The minimum atomic E-state index is -0.507. The molecule has 0 aliphatic heterocycles. The molecule has 0 fully saturated rings. The van der Waals surface area contributed by atoms with E-state index < -0.39 is 11.8 Å². The monoisotopic (exact) mass is 352 g/mol. The van der Waals surface area contributed by atoms with Crippen molar-refractivity contribution in [3.8, 4) is 0 Å². The van der Waals surface area contributed by atoms with E-state index in [4.69, 9.17) is 9.47 Å². The van der Waals surface area contributed by atoms with Crippen molar-refractivity contribution in [2.45, 2.75) is 67.2 Å². The summed E-state index contributed by atoms with van der Waals surface area (Å²) in [6.07, 6.45) is 7.16. The molecule has 0 bridgehead atoms. The van der Waals surface area contributed by atoms with Gasteiger partial charge in [0.1, 0.15) is 0 Å². The lowest BCUT2D eigenvalue weighted by Gasteiger charge is -2.26. The van der Waals surface area contributed by atoms with Crippen LogP contribution in [0.4, 0.5) is 0 Å². The first-order valence-electron chi connectivity index (χ1n) is 9.60. The molecule has 0 radical (unpaired) electrons. The van der Waals surface area contributed by atoms with Crippen LogP contribution < -0.4 is 0 Å². The van der Waals surface area contributed by atoms with Crippen LogP contribution in [0, 0.1) is 29.1 Å². The zero-order chi connectivity index (χ0) is 19.0. The third-order valence-electron chi connectivity index (χ3n) is 4.37. The number of hydrogen-bond donors (Lipinski definition) is 0. The van der Waals surface area contributed by atoms with Crippen LogP contribution in [0.5, 0.6) is 0 Å². The van der Waals surface area contributed by atoms with Crippen molar-refractivity contribution in [1.29, 1.82) is 0 Å². The topological polar surface area (TPSA) is 52.6 Å². The summed E-state index contributed by atoms with van der Waals surface area (Å²) in [7, 11) is 0. The highest BCUT2D eigenvalue weighted by atomic mass is 16.5. The van der Waals surface area contributed by atoms with Gasteiger partial charge in [0.25, 0.3) is 0 Å². The highest BCUT2D eigenvalue weighted by Crippen LogP contribution is 2.29. The maximum absolute atomic E-state index is 12.5. The molecule has 4 nitrogen and oxygen atoms in total. The second-order valence-electron chi connectivity index (χ2n) is 8.99. The number of esters is 2. The molecule has 25 heavy (non-hydrogen) atoms. The van der Waals surface area contributed by atoms with Gasteiger partial charge in [-0.25, -0.2) is 0 Å². The van der Waals surface area contributed by atoms with Gasteiger partial charge in [-0.3, -0.25) is 9.59 Å². The van der Waals surface area contributed by atoms with Crippen LogP contribution in [0.3, 0.4) is 0 Å². The number of hydrogen-bond acceptors (Lipinski definition) is 4. The van der Waals surface area contributed by atoms with Crippen LogP contribution >= 0.6 is 0 Å². The third-order valence-corrected chi connectivity index (χ3v) is 4.37. The minimum absolute atomic E-state index is 0.265. The van der Waals surface area contributed by atoms with Crippen LogP contribution in [-0.4, -0.2) is 25.2 Å². The van der Waals surface area contributed by atoms with Crippen LogP contribution in [0.2, 0.25) is 0 Å². The molecule has 0 saturated heterocycles. The first-order chi connectivity index (χ1) is 11.6. The summed E-state index contributed by atoms with van der Waals surface area (Å²) in [5.41, 5.74) is 0.281. The maximum Gasteiger partial charge on any atom is 0.313 e. The fourth-order valence-electron chi connectivity index (χ4n) is 3.30. The molecule has 4 heteroatoms. The Balaban J connectivity index is 2.49. The number of allylic oxidation sites excluding steroid dienone is 1. The molecule has 0 aromatic rings. The summed E-state index contributed by atoms with van der Waals surface area (Å²) >= 11 is 0. The van der Waals surface area contributed by atoms with E-state index in [-0.39, 0.29) is 23.3 Å². The fourth-order valence-corrected chi connectivity index (χ4v) is 3.30. The standard InChI is InChI=1S/C21H36O4/c1-15(2)14-25-20(23)18-10-8-7-9-17(18)19(22)24-12-11-16(3)13-21(4,5)6/h8,10,15-18H,7,9,11-14H2,1-6H3. The average molecular weight is 353 g/mol. The Labute approximate surface area is 153 Å². The predicted molar refractivity (Wildman–Crippen MR) is 100.0 cm³/mol. The summed E-state index contributed by atoms with van der Waals surface area (Å²) in [6, 6.07) is 0. The van der Waals surface area contributed by atoms with Gasteiger partial charge in [0, 0.05) is 0 Å². The Morgan fingerprint density at radius 1 is 1.12 bits per heavy atom. The summed E-state index contributed by atoms with van der Waals surface area (Å²) < 4.78 is 10.8. The average Bonchev–Trinajstić information content (AvgIpc) is 2.50. The van der Waals surface area contributed by atoms with E-state index in [2.05, 4.69) is 27.7 Å². The third kappa shape index (κ3) is 8.55. The second kappa shape index (κ2) is 9.98. The highest BCUT2D eigenvalue weighted by Gasteiger charge is 2.35. The highest BCUT2D eigenvalue weighted by molar-refractivity contribution is 5.83. The van der Waals surface area contributed by atoms with Gasteiger partial charge in [-0.1, -0.05) is 53.7 Å². The van der Waals surface area contributed by atoms with Crippen LogP contribution in [0.1, 0.15) is 67.2 Å². The molecule has 0 aromatic carbocycles. The van der Waals surface area contributed by atoms with Crippen LogP contribution in [0.15, 0.2) is 12.2 Å². The fraction of sp³-hybridized carbons (Fsp3) is 0.810. The van der Waals surface area contributed by atoms with Crippen molar-refractivity contribution in [2.24, 2.45) is 29.1 Å². The number of ether oxygens (including phenoxy) is 2. The molecule has 0 N–H and O–H groups in total. The molecule has 0 heterocycles. The van der Waals surface area contributed by atoms with Gasteiger partial charge in [0.05, 0.1) is 25.0 Å². The predicted octanol–water partition coefficient (Wildman–Crippen LogP) is 4.77. The quantitative estimate of drug-likeness (QED) is 0.466. The van der Waals surface area contributed by atoms with Crippen molar-refractivity contribution in [2.75, 3.05) is 13.2 Å². The van der Waals surface area contributed by atoms with E-state index in [0.29, 0.717) is 25.6 Å². The Kier molecular flexibility index (Phi) is 8.67. The summed E-state index contributed by atoms with van der Waals surface area (Å²) in [5.74, 6) is -0.710. The normalized spacial score (nSPS) is 21.9. The number of carbonyl (C=O) groups is 2. The van der Waals surface area contributed by atoms with Crippen molar-refractivity contribution >= 4 is 11.9 Å². The molecule has 1 aliphatic carbocycles. The van der Waals surface area contributed by atoms with E-state index in [1.807, 2.05) is 19.9 Å². The first kappa shape index (κ1) is 21.7. The lowest BCUT2D eigenvalue weighted by Crippen LogP contribution is -2.33. The molecule has 0 saturated carbocycles. The van der Waals surface area contributed by atoms with Gasteiger partial charge in [-0.2, -0.15) is 0 Å². The molecule has 0 amide bonds. The molecule has 1 aliphatic rings. The van der Waals surface area contributed by atoms with Crippen molar-refractivity contribution in [3.05, 3.63) is 12.2 Å². The maximum atomic E-state index is 12.5. The lowest BCUT2D eigenvalue weighted by molar-refractivity contribution is -0.160.